The van der Waals surface area contributed by atoms with Gasteiger partial charge in [-0.1, -0.05) is 34.6 Å². The Morgan fingerprint density at radius 2 is 1.60 bits per heavy atom. The number of methoxy groups -OCH3 is 2. The molecule has 0 aromatic rings. The number of hydrogen-bond donors (Lipinski definition) is 3. The minimum absolute atomic E-state index is 0.0611. The standard InChI is InChI=1S/C40H74N2O11/c1-16-29-39(11,45)33(43)26(6)41-20-22(2)18-37(8,9)34(53-36-32(46-14)28(42(12)13)17-23(3)49-36)24(4)31(25(5)35(44)51-29)52-30-19-38(10,47-15)40(21-48-40)27(7)50-30/h22-34,36,41,43,45H,16-21H2,1-15H3/t22?,23?,24?,25?,26?,27?,28?,29-,30?,31?,32?,33?,34?,36?,38?,39?,40?/m1/s1. The minimum Gasteiger partial charge on any atom is -0.459 e. The Morgan fingerprint density at radius 3 is 2.15 bits per heavy atom. The van der Waals surface area contributed by atoms with E-state index in [9.17, 15) is 15.0 Å². The first-order valence-electron chi connectivity index (χ1n) is 19.9. The molecule has 0 amide bonds. The highest BCUT2D eigenvalue weighted by Crippen LogP contribution is 2.51. The average Bonchev–Trinajstić information content (AvgIpc) is 3.90. The minimum atomic E-state index is -1.72. The van der Waals surface area contributed by atoms with Gasteiger partial charge in [-0.25, -0.2) is 0 Å². The number of aliphatic hydroxyl groups excluding tert-OH is 1. The zero-order valence-electron chi connectivity index (χ0n) is 35.3. The lowest BCUT2D eigenvalue weighted by Gasteiger charge is -2.50. The molecule has 16 unspecified atom stereocenters. The summed E-state index contributed by atoms with van der Waals surface area (Å²) in [6, 6.07) is -0.416. The maximum Gasteiger partial charge on any atom is 0.311 e. The first-order chi connectivity index (χ1) is 24.6. The number of aliphatic hydroxyl groups is 2. The lowest BCUT2D eigenvalue weighted by atomic mass is 9.71. The molecule has 13 heteroatoms. The van der Waals surface area contributed by atoms with Gasteiger partial charge in [0.25, 0.3) is 0 Å². The zero-order chi connectivity index (χ0) is 39.8. The van der Waals surface area contributed by atoms with E-state index in [4.69, 9.17) is 37.9 Å². The molecule has 53 heavy (non-hydrogen) atoms. The summed E-state index contributed by atoms with van der Waals surface area (Å²) in [6.07, 6.45) is -3.43. The molecule has 4 fully saturated rings. The third kappa shape index (κ3) is 9.27. The van der Waals surface area contributed by atoms with Crippen LogP contribution in [0.15, 0.2) is 0 Å². The SMILES string of the molecule is CC[C@H]1OC(=O)C(C)C(OC2CC(C)(OC)C3(CO3)C(C)O2)C(C)C(OC2OC(C)CC(N(C)C)C2OC)C(C)(C)CC(C)CNC(C)C(O)C1(C)O. The molecule has 0 bridgehead atoms. The number of rotatable bonds is 8. The number of hydrogen-bond acceptors (Lipinski definition) is 13. The maximum absolute atomic E-state index is 14.3. The van der Waals surface area contributed by atoms with E-state index in [-0.39, 0.29) is 30.3 Å². The molecule has 310 valence electrons. The Balaban J connectivity index is 1.80. The monoisotopic (exact) mass is 759 g/mol. The summed E-state index contributed by atoms with van der Waals surface area (Å²) in [5, 5.41) is 26.6. The molecule has 0 radical (unpaired) electrons. The fourth-order valence-electron chi connectivity index (χ4n) is 9.65. The number of likely N-dealkylation sites (N-methyl/N-ethyl adjacent to an activating group) is 1. The fraction of sp³-hybridized carbons (Fsp3) is 0.975. The van der Waals surface area contributed by atoms with Crippen LogP contribution in [0.2, 0.25) is 0 Å². The molecule has 4 heterocycles. The van der Waals surface area contributed by atoms with Crippen molar-refractivity contribution >= 4 is 5.97 Å². The van der Waals surface area contributed by atoms with Crippen LogP contribution in [0.5, 0.6) is 0 Å². The molecule has 4 aliphatic heterocycles. The van der Waals surface area contributed by atoms with Crippen molar-refractivity contribution in [3.05, 3.63) is 0 Å². The summed E-state index contributed by atoms with van der Waals surface area (Å²) in [6.45, 7) is 22.8. The first kappa shape index (κ1) is 44.7. The van der Waals surface area contributed by atoms with E-state index in [2.05, 4.69) is 44.8 Å². The number of cyclic esters (lactones) is 1. The average molecular weight is 759 g/mol. The Morgan fingerprint density at radius 1 is 0.962 bits per heavy atom. The van der Waals surface area contributed by atoms with Gasteiger partial charge in [0.05, 0.1) is 36.9 Å². The third-order valence-electron chi connectivity index (χ3n) is 13.1. The second-order valence-electron chi connectivity index (χ2n) is 18.1. The van der Waals surface area contributed by atoms with E-state index < -0.39 is 83.1 Å². The van der Waals surface area contributed by atoms with Gasteiger partial charge < -0.3 is 58.3 Å². The van der Waals surface area contributed by atoms with Gasteiger partial charge in [0.2, 0.25) is 0 Å². The molecular weight excluding hydrogens is 684 g/mol. The largest absolute Gasteiger partial charge is 0.459 e. The van der Waals surface area contributed by atoms with Crippen LogP contribution in [0.4, 0.5) is 0 Å². The van der Waals surface area contributed by atoms with E-state index in [1.165, 1.54) is 6.92 Å². The second-order valence-corrected chi connectivity index (χ2v) is 18.1. The second kappa shape index (κ2) is 17.3. The molecule has 3 N–H and O–H groups in total. The summed E-state index contributed by atoms with van der Waals surface area (Å²) in [5.41, 5.74) is -3.45. The number of esters is 1. The summed E-state index contributed by atoms with van der Waals surface area (Å²) in [4.78, 5) is 16.5. The number of carbonyl (C=O) groups is 1. The van der Waals surface area contributed by atoms with Crippen molar-refractivity contribution < 1.29 is 52.9 Å². The van der Waals surface area contributed by atoms with Crippen molar-refractivity contribution in [3.63, 3.8) is 0 Å². The summed E-state index contributed by atoms with van der Waals surface area (Å²) in [5.74, 6) is -1.64. The molecule has 17 atom stereocenters. The van der Waals surface area contributed by atoms with Crippen LogP contribution < -0.4 is 5.32 Å². The Bertz CT molecular complexity index is 1200. The van der Waals surface area contributed by atoms with Crippen molar-refractivity contribution in [3.8, 4) is 0 Å². The van der Waals surface area contributed by atoms with Crippen molar-refractivity contribution in [2.24, 2.45) is 23.2 Å². The number of nitrogens with zero attached hydrogens (tertiary/aromatic N) is 1. The highest BCUT2D eigenvalue weighted by atomic mass is 16.7. The van der Waals surface area contributed by atoms with Crippen molar-refractivity contribution in [2.75, 3.05) is 41.5 Å². The predicted molar refractivity (Wildman–Crippen MR) is 200 cm³/mol. The normalized spacial score (nSPS) is 48.9. The van der Waals surface area contributed by atoms with Crippen LogP contribution >= 0.6 is 0 Å². The predicted octanol–water partition coefficient (Wildman–Crippen LogP) is 3.90. The van der Waals surface area contributed by atoms with Gasteiger partial charge in [-0.2, -0.15) is 0 Å². The number of epoxide rings is 1. The lowest BCUT2D eigenvalue weighted by molar-refractivity contribution is -0.311. The van der Waals surface area contributed by atoms with E-state index in [0.29, 0.717) is 26.0 Å². The van der Waals surface area contributed by atoms with Crippen LogP contribution in [0.1, 0.15) is 102 Å². The molecule has 0 aromatic carbocycles. The molecule has 13 nitrogen and oxygen atoms in total. The Labute approximate surface area is 319 Å². The van der Waals surface area contributed by atoms with Gasteiger partial charge in [-0.3, -0.25) is 4.79 Å². The van der Waals surface area contributed by atoms with Gasteiger partial charge >= 0.3 is 5.97 Å². The molecule has 4 saturated heterocycles. The van der Waals surface area contributed by atoms with E-state index >= 15 is 0 Å². The fourth-order valence-corrected chi connectivity index (χ4v) is 9.65. The smallest absolute Gasteiger partial charge is 0.311 e. The van der Waals surface area contributed by atoms with Crippen LogP contribution in [-0.2, 0) is 42.7 Å². The quantitative estimate of drug-likeness (QED) is 0.243. The molecule has 4 aliphatic rings. The topological polar surface area (TPSA) is 150 Å². The van der Waals surface area contributed by atoms with Gasteiger partial charge in [-0.05, 0) is 92.8 Å². The third-order valence-corrected chi connectivity index (χ3v) is 13.1. The van der Waals surface area contributed by atoms with E-state index in [1.54, 1.807) is 21.1 Å². The Hall–Kier alpha value is -0.970. The number of nitrogens with one attached hydrogen (secondary N) is 1. The Kier molecular flexibility index (Phi) is 14.6. The van der Waals surface area contributed by atoms with Crippen LogP contribution in [0.25, 0.3) is 0 Å². The van der Waals surface area contributed by atoms with Crippen molar-refractivity contribution in [1.29, 1.82) is 0 Å². The van der Waals surface area contributed by atoms with Crippen LogP contribution in [-0.4, -0.2) is 147 Å². The highest BCUT2D eigenvalue weighted by Gasteiger charge is 2.67. The van der Waals surface area contributed by atoms with Crippen molar-refractivity contribution in [1.82, 2.24) is 10.2 Å². The lowest BCUT2D eigenvalue weighted by Crippen LogP contribution is -2.61. The van der Waals surface area contributed by atoms with Gasteiger partial charge in [0.15, 0.2) is 12.6 Å². The molecule has 0 aromatic heterocycles. The highest BCUT2D eigenvalue weighted by molar-refractivity contribution is 5.73. The van der Waals surface area contributed by atoms with Crippen molar-refractivity contribution in [2.45, 2.75) is 186 Å². The van der Waals surface area contributed by atoms with Gasteiger partial charge in [-0.15, -0.1) is 0 Å². The summed E-state index contributed by atoms with van der Waals surface area (Å²) in [7, 11) is 7.46. The maximum atomic E-state index is 14.3. The molecule has 0 saturated carbocycles. The molecule has 0 aliphatic carbocycles. The molecular formula is C40H74N2O11. The van der Waals surface area contributed by atoms with Crippen LogP contribution in [0, 0.1) is 23.2 Å². The zero-order valence-corrected chi connectivity index (χ0v) is 35.3. The molecule has 4 rings (SSSR count). The van der Waals surface area contributed by atoms with Gasteiger partial charge in [0, 0.05) is 38.6 Å². The summed E-state index contributed by atoms with van der Waals surface area (Å²) < 4.78 is 51.5. The number of carbonyl (C=O) groups excluding carboxylic acids is 1. The van der Waals surface area contributed by atoms with Gasteiger partial charge in [0.1, 0.15) is 35.1 Å². The summed E-state index contributed by atoms with van der Waals surface area (Å²) >= 11 is 0. The molecule has 1 spiro atoms. The first-order valence-corrected chi connectivity index (χ1v) is 19.9. The van der Waals surface area contributed by atoms with Crippen LogP contribution in [0.3, 0.4) is 0 Å². The number of ether oxygens (including phenoxy) is 8. The van der Waals surface area contributed by atoms with E-state index in [0.717, 1.165) is 12.8 Å². The van der Waals surface area contributed by atoms with E-state index in [1.807, 2.05) is 41.8 Å².